The van der Waals surface area contributed by atoms with Gasteiger partial charge in [-0.25, -0.2) is 0 Å². The van der Waals surface area contributed by atoms with Crippen molar-refractivity contribution < 1.29 is 19.2 Å². The second kappa shape index (κ2) is 4.41. The fraction of sp³-hybridized carbons (Fsp3) is 0.222. The zero-order chi connectivity index (χ0) is 11.4. The Kier molecular flexibility index (Phi) is 3.22. The van der Waals surface area contributed by atoms with Crippen LogP contribution in [0.15, 0.2) is 18.2 Å². The highest BCUT2D eigenvalue weighted by atomic mass is 16.6. The Morgan fingerprint density at radius 2 is 2.13 bits per heavy atom. The van der Waals surface area contributed by atoms with Crippen LogP contribution in [0.4, 0.5) is 5.69 Å². The summed E-state index contributed by atoms with van der Waals surface area (Å²) in [5.41, 5.74) is -0.272. The van der Waals surface area contributed by atoms with Crippen molar-refractivity contribution in [3.63, 3.8) is 0 Å². The lowest BCUT2D eigenvalue weighted by atomic mass is 10.3. The van der Waals surface area contributed by atoms with Crippen LogP contribution in [0.25, 0.3) is 0 Å². The van der Waals surface area contributed by atoms with Crippen LogP contribution < -0.4 is 9.47 Å². The van der Waals surface area contributed by atoms with Crippen LogP contribution in [0.3, 0.4) is 0 Å². The minimum absolute atomic E-state index is 0.119. The third-order valence-corrected chi connectivity index (χ3v) is 1.62. The smallest absolute Gasteiger partial charge is 0.311 e. The molecule has 6 heteroatoms. The van der Waals surface area contributed by atoms with Gasteiger partial charge in [0.05, 0.1) is 12.0 Å². The van der Waals surface area contributed by atoms with Crippen molar-refractivity contribution in [1.82, 2.24) is 0 Å². The molecular weight excluding hydrogens is 202 g/mol. The predicted octanol–water partition coefficient (Wildman–Crippen LogP) is 1.53. The number of methoxy groups -OCH3 is 1. The first kappa shape index (κ1) is 11.0. The van der Waals surface area contributed by atoms with Gasteiger partial charge in [-0.3, -0.25) is 14.9 Å². The summed E-state index contributed by atoms with van der Waals surface area (Å²) >= 11 is 0. The first-order valence-corrected chi connectivity index (χ1v) is 4.05. The molecule has 0 saturated heterocycles. The molecule has 0 fully saturated rings. The van der Waals surface area contributed by atoms with E-state index in [0.717, 1.165) is 0 Å². The Morgan fingerprint density at radius 1 is 1.47 bits per heavy atom. The topological polar surface area (TPSA) is 78.7 Å². The fourth-order valence-electron chi connectivity index (χ4n) is 1.01. The van der Waals surface area contributed by atoms with Crippen LogP contribution in [-0.2, 0) is 4.79 Å². The summed E-state index contributed by atoms with van der Waals surface area (Å²) in [6, 6.07) is 3.93. The van der Waals surface area contributed by atoms with Crippen LogP contribution >= 0.6 is 0 Å². The number of carbonyl (C=O) groups excluding carboxylic acids is 1. The number of nitrogens with zero attached hydrogens (tertiary/aromatic N) is 1. The average molecular weight is 211 g/mol. The van der Waals surface area contributed by atoms with Gasteiger partial charge in [-0.05, 0) is 6.07 Å². The van der Waals surface area contributed by atoms with E-state index in [4.69, 9.17) is 4.74 Å². The van der Waals surface area contributed by atoms with Gasteiger partial charge in [0.25, 0.3) is 0 Å². The second-order valence-electron chi connectivity index (χ2n) is 2.68. The normalized spacial score (nSPS) is 9.47. The van der Waals surface area contributed by atoms with E-state index in [1.54, 1.807) is 0 Å². The third-order valence-electron chi connectivity index (χ3n) is 1.62. The van der Waals surface area contributed by atoms with Gasteiger partial charge in [-0.1, -0.05) is 0 Å². The summed E-state index contributed by atoms with van der Waals surface area (Å²) in [6.07, 6.45) is 0. The molecule has 0 N–H and O–H groups in total. The van der Waals surface area contributed by atoms with Crippen molar-refractivity contribution in [3.05, 3.63) is 28.3 Å². The number of nitro benzene ring substituents is 1. The minimum Gasteiger partial charge on any atom is -0.497 e. The zero-order valence-corrected chi connectivity index (χ0v) is 8.22. The van der Waals surface area contributed by atoms with Crippen molar-refractivity contribution in [3.8, 4) is 11.5 Å². The highest BCUT2D eigenvalue weighted by Crippen LogP contribution is 2.30. The van der Waals surface area contributed by atoms with Crippen molar-refractivity contribution in [2.75, 3.05) is 7.11 Å². The van der Waals surface area contributed by atoms with E-state index in [2.05, 4.69) is 4.74 Å². The molecule has 1 aromatic rings. The standard InChI is InChI=1S/C9H9NO5/c1-6(11)15-9-5-7(14-2)3-4-8(9)10(12)13/h3-5H,1-2H3. The molecule has 0 aliphatic heterocycles. The van der Waals surface area contributed by atoms with E-state index in [9.17, 15) is 14.9 Å². The van der Waals surface area contributed by atoms with E-state index < -0.39 is 10.9 Å². The van der Waals surface area contributed by atoms with Crippen LogP contribution in [0, 0.1) is 10.1 Å². The summed E-state index contributed by atoms with van der Waals surface area (Å²) in [7, 11) is 1.42. The largest absolute Gasteiger partial charge is 0.497 e. The van der Waals surface area contributed by atoms with Gasteiger partial charge in [0.15, 0.2) is 0 Å². The van der Waals surface area contributed by atoms with Gasteiger partial charge in [0, 0.05) is 19.1 Å². The molecule has 0 aliphatic rings. The summed E-state index contributed by atoms with van der Waals surface area (Å²) in [6.45, 7) is 1.17. The minimum atomic E-state index is -0.627. The van der Waals surface area contributed by atoms with Gasteiger partial charge >= 0.3 is 11.7 Å². The maximum absolute atomic E-state index is 10.7. The maximum Gasteiger partial charge on any atom is 0.311 e. The van der Waals surface area contributed by atoms with Gasteiger partial charge in [-0.2, -0.15) is 0 Å². The number of benzene rings is 1. The van der Waals surface area contributed by atoms with Crippen LogP contribution in [0.2, 0.25) is 0 Å². The number of hydrogen-bond acceptors (Lipinski definition) is 5. The van der Waals surface area contributed by atoms with E-state index in [0.29, 0.717) is 5.75 Å². The molecule has 0 aromatic heterocycles. The molecule has 0 spiro atoms. The molecule has 0 atom stereocenters. The number of nitro groups is 1. The Balaban J connectivity index is 3.16. The molecule has 0 amide bonds. The van der Waals surface area contributed by atoms with E-state index in [1.165, 1.54) is 32.2 Å². The average Bonchev–Trinajstić information content (AvgIpc) is 2.16. The van der Waals surface area contributed by atoms with Crippen molar-refractivity contribution in [2.24, 2.45) is 0 Å². The lowest BCUT2D eigenvalue weighted by molar-refractivity contribution is -0.385. The van der Waals surface area contributed by atoms with Crippen molar-refractivity contribution in [2.45, 2.75) is 6.92 Å². The molecule has 0 unspecified atom stereocenters. The zero-order valence-electron chi connectivity index (χ0n) is 8.22. The molecule has 0 radical (unpaired) electrons. The first-order valence-electron chi connectivity index (χ1n) is 4.05. The van der Waals surface area contributed by atoms with Crippen molar-refractivity contribution >= 4 is 11.7 Å². The van der Waals surface area contributed by atoms with Gasteiger partial charge in [0.2, 0.25) is 5.75 Å². The molecule has 0 heterocycles. The van der Waals surface area contributed by atoms with Crippen LogP contribution in [-0.4, -0.2) is 18.0 Å². The summed E-state index contributed by atoms with van der Waals surface area (Å²) in [5, 5.41) is 10.6. The lowest BCUT2D eigenvalue weighted by Crippen LogP contribution is -2.04. The number of rotatable bonds is 3. The van der Waals surface area contributed by atoms with Gasteiger partial charge in [0.1, 0.15) is 5.75 Å². The number of carbonyl (C=O) groups is 1. The number of esters is 1. The third kappa shape index (κ3) is 2.67. The molecule has 15 heavy (non-hydrogen) atoms. The Morgan fingerprint density at radius 3 is 2.60 bits per heavy atom. The highest BCUT2D eigenvalue weighted by Gasteiger charge is 2.17. The van der Waals surface area contributed by atoms with Gasteiger partial charge in [-0.15, -0.1) is 0 Å². The predicted molar refractivity (Wildman–Crippen MR) is 51.0 cm³/mol. The molecule has 6 nitrogen and oxygen atoms in total. The maximum atomic E-state index is 10.7. The molecule has 1 aromatic carbocycles. The SMILES string of the molecule is COc1ccc([N+](=O)[O-])c(OC(C)=O)c1. The Hall–Kier alpha value is -2.11. The molecular formula is C9H9NO5. The summed E-state index contributed by atoms with van der Waals surface area (Å²) in [4.78, 5) is 20.7. The van der Waals surface area contributed by atoms with E-state index >= 15 is 0 Å². The Bertz CT molecular complexity index is 401. The lowest BCUT2D eigenvalue weighted by Gasteiger charge is -2.04. The second-order valence-corrected chi connectivity index (χ2v) is 2.68. The first-order chi connectivity index (χ1) is 7.04. The van der Waals surface area contributed by atoms with Gasteiger partial charge < -0.3 is 9.47 Å². The molecule has 0 saturated carbocycles. The molecule has 0 bridgehead atoms. The number of hydrogen-bond donors (Lipinski definition) is 0. The summed E-state index contributed by atoms with van der Waals surface area (Å²) in [5.74, 6) is -0.352. The monoisotopic (exact) mass is 211 g/mol. The summed E-state index contributed by atoms with van der Waals surface area (Å²) < 4.78 is 9.55. The number of ether oxygens (including phenoxy) is 2. The Labute approximate surface area is 85.6 Å². The van der Waals surface area contributed by atoms with Crippen LogP contribution in [0.5, 0.6) is 11.5 Å². The fourth-order valence-corrected chi connectivity index (χ4v) is 1.01. The molecule has 80 valence electrons. The van der Waals surface area contributed by atoms with Crippen LogP contribution in [0.1, 0.15) is 6.92 Å². The van der Waals surface area contributed by atoms with Crippen molar-refractivity contribution in [1.29, 1.82) is 0 Å². The highest BCUT2D eigenvalue weighted by molar-refractivity contribution is 5.71. The van der Waals surface area contributed by atoms with E-state index in [1.807, 2.05) is 0 Å². The van der Waals surface area contributed by atoms with E-state index in [-0.39, 0.29) is 11.4 Å². The molecule has 1 rings (SSSR count). The quantitative estimate of drug-likeness (QED) is 0.328. The molecule has 0 aliphatic carbocycles.